The monoisotopic (exact) mass is 427 g/mol. The first-order valence-corrected chi connectivity index (χ1v) is 10.4. The molecule has 7 nitrogen and oxygen atoms in total. The lowest BCUT2D eigenvalue weighted by atomic mass is 10.0. The second-order valence-electron chi connectivity index (χ2n) is 7.23. The lowest BCUT2D eigenvalue weighted by Crippen LogP contribution is -2.43. The van der Waals surface area contributed by atoms with E-state index >= 15 is 0 Å². The van der Waals surface area contributed by atoms with Gasteiger partial charge >= 0.3 is 0 Å². The second kappa shape index (κ2) is 8.93. The number of nitrogens with one attached hydrogen (secondary N) is 1. The number of oxazole rings is 1. The van der Waals surface area contributed by atoms with E-state index in [9.17, 15) is 4.79 Å². The van der Waals surface area contributed by atoms with Crippen LogP contribution in [0.4, 0.5) is 6.01 Å². The van der Waals surface area contributed by atoms with Gasteiger partial charge in [0.25, 0.3) is 11.9 Å². The van der Waals surface area contributed by atoms with Crippen LogP contribution in [0.25, 0.3) is 11.1 Å². The highest BCUT2D eigenvalue weighted by Gasteiger charge is 2.26. The first-order valence-electron chi connectivity index (χ1n) is 10.1. The number of carbonyl (C=O) groups is 1. The van der Waals surface area contributed by atoms with Gasteiger partial charge in [0.05, 0.1) is 17.2 Å². The lowest BCUT2D eigenvalue weighted by molar-refractivity contribution is 0.100. The number of anilines is 1. The molecule has 0 saturated carbocycles. The molecule has 1 saturated heterocycles. The van der Waals surface area contributed by atoms with E-state index in [0.29, 0.717) is 41.0 Å². The second-order valence-corrected chi connectivity index (χ2v) is 7.64. The molecule has 30 heavy (non-hydrogen) atoms. The first kappa shape index (κ1) is 20.5. The summed E-state index contributed by atoms with van der Waals surface area (Å²) >= 11 is 6.25. The van der Waals surface area contributed by atoms with Gasteiger partial charge in [0, 0.05) is 12.6 Å². The Morgan fingerprint density at radius 1 is 1.40 bits per heavy atom. The van der Waals surface area contributed by atoms with Crippen LogP contribution in [0.15, 0.2) is 34.7 Å². The summed E-state index contributed by atoms with van der Waals surface area (Å²) in [7, 11) is 0. The Balaban J connectivity index is 1.72. The van der Waals surface area contributed by atoms with Crippen LogP contribution in [0.3, 0.4) is 0 Å². The fraction of sp³-hybridized carbons (Fsp3) is 0.364. The predicted octanol–water partition coefficient (Wildman–Crippen LogP) is 3.54. The Kier molecular flexibility index (Phi) is 6.11. The van der Waals surface area contributed by atoms with Crippen LogP contribution < -0.4 is 20.7 Å². The number of piperidine rings is 1. The molecule has 1 radical (unpaired) electrons. The van der Waals surface area contributed by atoms with Gasteiger partial charge in [-0.2, -0.15) is 4.98 Å². The Morgan fingerprint density at radius 3 is 2.93 bits per heavy atom. The molecule has 1 fully saturated rings. The largest absolute Gasteiger partial charge is 0.492 e. The third-order valence-corrected chi connectivity index (χ3v) is 5.54. The number of hydrogen-bond donors (Lipinski definition) is 2. The van der Waals surface area contributed by atoms with Gasteiger partial charge in [-0.1, -0.05) is 17.7 Å². The van der Waals surface area contributed by atoms with E-state index in [1.54, 1.807) is 12.1 Å². The van der Waals surface area contributed by atoms with Gasteiger partial charge in [0.1, 0.15) is 11.3 Å². The maximum atomic E-state index is 11.8. The van der Waals surface area contributed by atoms with Crippen molar-refractivity contribution in [3.63, 3.8) is 0 Å². The quantitative estimate of drug-likeness (QED) is 0.599. The summed E-state index contributed by atoms with van der Waals surface area (Å²) < 4.78 is 11.7. The van der Waals surface area contributed by atoms with Crippen LogP contribution >= 0.6 is 11.6 Å². The van der Waals surface area contributed by atoms with Crippen molar-refractivity contribution in [3.8, 4) is 5.75 Å². The molecule has 0 bridgehead atoms. The number of carbonyl (C=O) groups excluding carboxylic acids is 1. The molecule has 0 spiro atoms. The van der Waals surface area contributed by atoms with Crippen molar-refractivity contribution in [1.82, 2.24) is 10.3 Å². The average molecular weight is 428 g/mol. The van der Waals surface area contributed by atoms with Crippen molar-refractivity contribution in [2.24, 2.45) is 5.73 Å². The summed E-state index contributed by atoms with van der Waals surface area (Å²) in [5.41, 5.74) is 7.71. The number of hydrogen-bond acceptors (Lipinski definition) is 6. The lowest BCUT2D eigenvalue weighted by Gasteiger charge is -2.33. The molecular formula is C22H24ClN4O3. The van der Waals surface area contributed by atoms with Crippen LogP contribution in [0, 0.1) is 6.07 Å². The van der Waals surface area contributed by atoms with Crippen molar-refractivity contribution in [2.75, 3.05) is 24.6 Å². The minimum Gasteiger partial charge on any atom is -0.492 e. The van der Waals surface area contributed by atoms with Gasteiger partial charge < -0.3 is 25.1 Å². The normalized spacial score (nSPS) is 14.7. The number of primary amides is 1. The van der Waals surface area contributed by atoms with Crippen molar-refractivity contribution in [1.29, 1.82) is 0 Å². The SMILES string of the molecule is CCOc1cc(CN(c2nc3c(C(N)=O)[c]ccc3o2)C2CCNCC2)ccc1Cl. The highest BCUT2D eigenvalue weighted by atomic mass is 35.5. The molecule has 1 amide bonds. The number of ether oxygens (including phenoxy) is 1. The molecule has 1 aliphatic heterocycles. The zero-order valence-electron chi connectivity index (χ0n) is 16.8. The van der Waals surface area contributed by atoms with Crippen molar-refractivity contribution in [2.45, 2.75) is 32.4 Å². The molecule has 0 aliphatic carbocycles. The Hall–Kier alpha value is -2.77. The molecule has 4 rings (SSSR count). The minimum atomic E-state index is -0.576. The third-order valence-electron chi connectivity index (χ3n) is 5.23. The number of nitrogens with zero attached hydrogens (tertiary/aromatic N) is 2. The summed E-state index contributed by atoms with van der Waals surface area (Å²) in [6.45, 7) is 4.89. The van der Waals surface area contributed by atoms with Crippen molar-refractivity contribution < 1.29 is 13.9 Å². The maximum Gasteiger partial charge on any atom is 0.298 e. The summed E-state index contributed by atoms with van der Waals surface area (Å²) in [6.07, 6.45) is 1.92. The number of nitrogens with two attached hydrogens (primary N) is 1. The Labute approximate surface area is 180 Å². The highest BCUT2D eigenvalue weighted by Crippen LogP contribution is 2.31. The average Bonchev–Trinajstić information content (AvgIpc) is 3.18. The molecule has 3 N–H and O–H groups in total. The first-order chi connectivity index (χ1) is 14.6. The van der Waals surface area contributed by atoms with E-state index < -0.39 is 5.91 Å². The summed E-state index contributed by atoms with van der Waals surface area (Å²) in [6, 6.07) is 12.7. The molecule has 8 heteroatoms. The zero-order chi connectivity index (χ0) is 21.1. The van der Waals surface area contributed by atoms with E-state index in [0.717, 1.165) is 31.5 Å². The standard InChI is InChI=1S/C22H24ClN4O3/c1-2-29-19-12-14(6-7-17(19)23)13-27(15-8-10-25-11-9-15)22-26-20-16(21(24)28)4-3-5-18(20)30-22/h3,5-7,12,15,25H,2,8-11,13H2,1H3,(H2,24,28). The maximum absolute atomic E-state index is 11.8. The van der Waals surface area contributed by atoms with Gasteiger partial charge in [0.2, 0.25) is 0 Å². The van der Waals surface area contributed by atoms with Crippen LogP contribution in [0.1, 0.15) is 35.7 Å². The van der Waals surface area contributed by atoms with Crippen LogP contribution in [0.2, 0.25) is 5.02 Å². The molecular weight excluding hydrogens is 404 g/mol. The molecule has 2 aromatic carbocycles. The van der Waals surface area contributed by atoms with E-state index in [2.05, 4.69) is 21.3 Å². The molecule has 1 aromatic heterocycles. The smallest absolute Gasteiger partial charge is 0.298 e. The van der Waals surface area contributed by atoms with Crippen molar-refractivity contribution >= 4 is 34.6 Å². The topological polar surface area (TPSA) is 93.6 Å². The minimum absolute atomic E-state index is 0.234. The van der Waals surface area contributed by atoms with Gasteiger partial charge in [-0.15, -0.1) is 0 Å². The highest BCUT2D eigenvalue weighted by molar-refractivity contribution is 6.32. The van der Waals surface area contributed by atoms with E-state index in [-0.39, 0.29) is 11.6 Å². The number of aromatic nitrogens is 1. The molecule has 2 heterocycles. The van der Waals surface area contributed by atoms with Crippen LogP contribution in [0.5, 0.6) is 5.75 Å². The zero-order valence-corrected chi connectivity index (χ0v) is 17.5. The summed E-state index contributed by atoms with van der Waals surface area (Å²) in [5.74, 6) is 0.0815. The van der Waals surface area contributed by atoms with Crippen LogP contribution in [-0.2, 0) is 6.54 Å². The molecule has 157 valence electrons. The number of amides is 1. The molecule has 1 aliphatic rings. The van der Waals surface area contributed by atoms with Gasteiger partial charge in [-0.25, -0.2) is 0 Å². The number of benzene rings is 2. The van der Waals surface area contributed by atoms with Gasteiger partial charge in [-0.3, -0.25) is 4.79 Å². The molecule has 3 aromatic rings. The Morgan fingerprint density at radius 2 is 2.20 bits per heavy atom. The fourth-order valence-electron chi connectivity index (χ4n) is 3.77. The van der Waals surface area contributed by atoms with E-state index in [4.69, 9.17) is 26.5 Å². The number of rotatable bonds is 7. The van der Waals surface area contributed by atoms with Crippen molar-refractivity contribution in [3.05, 3.63) is 52.5 Å². The van der Waals surface area contributed by atoms with Crippen LogP contribution in [-0.4, -0.2) is 36.6 Å². The fourth-order valence-corrected chi connectivity index (χ4v) is 3.94. The van der Waals surface area contributed by atoms with E-state index in [1.807, 2.05) is 25.1 Å². The Bertz CT molecular complexity index is 1050. The van der Waals surface area contributed by atoms with Gasteiger partial charge in [-0.05, 0) is 68.8 Å². The van der Waals surface area contributed by atoms with Gasteiger partial charge in [0.15, 0.2) is 5.58 Å². The summed E-state index contributed by atoms with van der Waals surface area (Å²) in [4.78, 5) is 18.6. The predicted molar refractivity (Wildman–Crippen MR) is 116 cm³/mol. The molecule has 0 atom stereocenters. The third kappa shape index (κ3) is 4.22. The summed E-state index contributed by atoms with van der Waals surface area (Å²) in [5, 5.41) is 3.97. The number of halogens is 1. The number of fused-ring (bicyclic) bond motifs is 1. The van der Waals surface area contributed by atoms with E-state index in [1.165, 1.54) is 0 Å². The molecule has 0 unspecified atom stereocenters.